The Morgan fingerprint density at radius 3 is 2.56 bits per heavy atom. The topological polar surface area (TPSA) is 28.7 Å². The third-order valence-corrected chi connectivity index (χ3v) is 4.45. The van der Waals surface area contributed by atoms with Gasteiger partial charge >= 0.3 is 0 Å². The quantitative estimate of drug-likeness (QED) is 0.775. The van der Waals surface area contributed by atoms with Crippen molar-refractivity contribution in [2.45, 2.75) is 50.9 Å². The maximum atomic E-state index is 4.77. The van der Waals surface area contributed by atoms with Crippen molar-refractivity contribution in [3.8, 4) is 0 Å². The van der Waals surface area contributed by atoms with Gasteiger partial charge in [0.25, 0.3) is 0 Å². The molecule has 2 aromatic rings. The number of benzene rings is 1. The van der Waals surface area contributed by atoms with Crippen molar-refractivity contribution in [1.82, 2.24) is 9.97 Å². The van der Waals surface area contributed by atoms with Crippen molar-refractivity contribution >= 4 is 27.0 Å². The molecule has 0 saturated heterocycles. The molecule has 3 rings (SSSR count). The molecule has 0 unspecified atom stereocenters. The lowest BCUT2D eigenvalue weighted by Gasteiger charge is -2.17. The molecule has 0 radical (unpaired) electrons. The average Bonchev–Trinajstić information content (AvgIpc) is 2.71. The van der Waals surface area contributed by atoms with Crippen molar-refractivity contribution in [1.29, 1.82) is 0 Å². The molecule has 0 atom stereocenters. The van der Waals surface area contributed by atoms with Gasteiger partial charge in [0.15, 0.2) is 0 Å². The van der Waals surface area contributed by atoms with E-state index in [1.54, 1.807) is 0 Å². The minimum Gasteiger partial charge on any atom is -0.342 e. The lowest BCUT2D eigenvalue weighted by Crippen LogP contribution is -2.04. The summed E-state index contributed by atoms with van der Waals surface area (Å²) in [6, 6.07) is 6.27. The number of aromatic nitrogens is 2. The molecule has 1 aromatic heterocycles. The summed E-state index contributed by atoms with van der Waals surface area (Å²) in [5.74, 6) is 1.83. The molecule has 2 nitrogen and oxygen atoms in total. The first-order valence-corrected chi connectivity index (χ1v) is 7.77. The van der Waals surface area contributed by atoms with Crippen LogP contribution in [0.5, 0.6) is 0 Å². The van der Waals surface area contributed by atoms with E-state index in [1.165, 1.54) is 50.8 Å². The Hall–Kier alpha value is -0.830. The van der Waals surface area contributed by atoms with Crippen molar-refractivity contribution in [3.05, 3.63) is 28.5 Å². The third-order valence-electron chi connectivity index (χ3n) is 3.95. The van der Waals surface area contributed by atoms with E-state index in [-0.39, 0.29) is 0 Å². The van der Waals surface area contributed by atoms with Crippen molar-refractivity contribution < 1.29 is 0 Å². The Kier molecular flexibility index (Phi) is 3.69. The summed E-state index contributed by atoms with van der Waals surface area (Å²) < 4.78 is 1.11. The van der Waals surface area contributed by atoms with Gasteiger partial charge in [0, 0.05) is 10.4 Å². The van der Waals surface area contributed by atoms with Crippen LogP contribution in [0, 0.1) is 0 Å². The van der Waals surface area contributed by atoms with Crippen LogP contribution in [-0.4, -0.2) is 9.97 Å². The second-order valence-electron chi connectivity index (χ2n) is 5.33. The van der Waals surface area contributed by atoms with Gasteiger partial charge in [-0.2, -0.15) is 0 Å². The van der Waals surface area contributed by atoms with Gasteiger partial charge in [0.05, 0.1) is 11.0 Å². The van der Waals surface area contributed by atoms with Crippen molar-refractivity contribution in [2.75, 3.05) is 0 Å². The molecule has 0 amide bonds. The van der Waals surface area contributed by atoms with E-state index < -0.39 is 0 Å². The summed E-state index contributed by atoms with van der Waals surface area (Å²) in [6.07, 6.45) is 9.49. The molecule has 1 N–H and O–H groups in total. The summed E-state index contributed by atoms with van der Waals surface area (Å²) in [5, 5.41) is 0. The maximum Gasteiger partial charge on any atom is 0.110 e. The largest absolute Gasteiger partial charge is 0.342 e. The van der Waals surface area contributed by atoms with Crippen LogP contribution in [-0.2, 0) is 0 Å². The van der Waals surface area contributed by atoms with Crippen molar-refractivity contribution in [3.63, 3.8) is 0 Å². The van der Waals surface area contributed by atoms with Crippen molar-refractivity contribution in [2.24, 2.45) is 0 Å². The van der Waals surface area contributed by atoms with Gasteiger partial charge in [-0.1, -0.05) is 48.0 Å². The summed E-state index contributed by atoms with van der Waals surface area (Å²) in [7, 11) is 0. The van der Waals surface area contributed by atoms with E-state index in [1.807, 2.05) is 0 Å². The van der Waals surface area contributed by atoms with E-state index in [0.29, 0.717) is 5.92 Å². The van der Waals surface area contributed by atoms with Crippen LogP contribution >= 0.6 is 15.9 Å². The molecule has 1 aliphatic carbocycles. The smallest absolute Gasteiger partial charge is 0.110 e. The maximum absolute atomic E-state index is 4.77. The predicted molar refractivity (Wildman–Crippen MR) is 78.9 cm³/mol. The van der Waals surface area contributed by atoms with Crippen LogP contribution in [0.3, 0.4) is 0 Å². The van der Waals surface area contributed by atoms with Gasteiger partial charge in [-0.25, -0.2) is 4.98 Å². The molecule has 0 spiro atoms. The first kappa shape index (κ1) is 12.2. The van der Waals surface area contributed by atoms with Gasteiger partial charge in [-0.05, 0) is 31.0 Å². The Morgan fingerprint density at radius 1 is 1.06 bits per heavy atom. The average molecular weight is 307 g/mol. The summed E-state index contributed by atoms with van der Waals surface area (Å²) in [6.45, 7) is 0. The molecule has 3 heteroatoms. The Bertz CT molecular complexity index is 524. The minimum absolute atomic E-state index is 0.636. The summed E-state index contributed by atoms with van der Waals surface area (Å²) in [4.78, 5) is 8.29. The summed E-state index contributed by atoms with van der Waals surface area (Å²) in [5.41, 5.74) is 2.25. The highest BCUT2D eigenvalue weighted by molar-refractivity contribution is 9.10. The van der Waals surface area contributed by atoms with Crippen LogP contribution in [0.1, 0.15) is 56.7 Å². The molecule has 0 bridgehead atoms. The number of hydrogen-bond acceptors (Lipinski definition) is 1. The highest BCUT2D eigenvalue weighted by atomic mass is 79.9. The normalized spacial score (nSPS) is 18.7. The van der Waals surface area contributed by atoms with Crippen LogP contribution in [0.4, 0.5) is 0 Å². The third kappa shape index (κ3) is 2.61. The number of aromatic amines is 1. The minimum atomic E-state index is 0.636. The number of nitrogens with one attached hydrogen (secondary N) is 1. The summed E-state index contributed by atoms with van der Waals surface area (Å²) >= 11 is 3.51. The van der Waals surface area contributed by atoms with Crippen LogP contribution < -0.4 is 0 Å². The predicted octanol–water partition coefficient (Wildman–Crippen LogP) is 5.15. The van der Waals surface area contributed by atoms with E-state index in [0.717, 1.165) is 15.5 Å². The van der Waals surface area contributed by atoms with E-state index in [4.69, 9.17) is 4.98 Å². The SMILES string of the molecule is Brc1ccc2nc(C3CCCCCCC3)[nH]c2c1. The number of nitrogens with zero attached hydrogens (tertiary/aromatic N) is 1. The standard InChI is InChI=1S/C15H19BrN2/c16-12-8-9-13-14(10-12)18-15(17-13)11-6-4-2-1-3-5-7-11/h8-11H,1-7H2,(H,17,18). The Labute approximate surface area is 116 Å². The van der Waals surface area contributed by atoms with Gasteiger partial charge in [-0.3, -0.25) is 0 Å². The molecule has 1 aliphatic rings. The number of rotatable bonds is 1. The molecule has 1 heterocycles. The highest BCUT2D eigenvalue weighted by Gasteiger charge is 2.17. The van der Waals surface area contributed by atoms with Crippen LogP contribution in [0.25, 0.3) is 11.0 Å². The molecule has 18 heavy (non-hydrogen) atoms. The molecule has 1 fully saturated rings. The second-order valence-corrected chi connectivity index (χ2v) is 6.24. The zero-order valence-corrected chi connectivity index (χ0v) is 12.2. The lowest BCUT2D eigenvalue weighted by atomic mass is 9.91. The number of imidazole rings is 1. The van der Waals surface area contributed by atoms with E-state index in [9.17, 15) is 0 Å². The number of fused-ring (bicyclic) bond motifs is 1. The molecule has 1 saturated carbocycles. The zero-order valence-electron chi connectivity index (χ0n) is 10.6. The fourth-order valence-corrected chi connectivity index (χ4v) is 3.29. The molecular formula is C15H19BrN2. The molecule has 1 aromatic carbocycles. The fraction of sp³-hybridized carbons (Fsp3) is 0.533. The first-order valence-electron chi connectivity index (χ1n) is 6.98. The Balaban J connectivity index is 1.87. The number of hydrogen-bond donors (Lipinski definition) is 1. The molecule has 0 aliphatic heterocycles. The van der Waals surface area contributed by atoms with Crippen LogP contribution in [0.2, 0.25) is 0 Å². The van der Waals surface area contributed by atoms with Gasteiger partial charge in [-0.15, -0.1) is 0 Å². The lowest BCUT2D eigenvalue weighted by molar-refractivity contribution is 0.445. The number of H-pyrrole nitrogens is 1. The van der Waals surface area contributed by atoms with E-state index >= 15 is 0 Å². The first-order chi connectivity index (χ1) is 8.83. The fourth-order valence-electron chi connectivity index (χ4n) is 2.92. The van der Waals surface area contributed by atoms with Crippen LogP contribution in [0.15, 0.2) is 22.7 Å². The van der Waals surface area contributed by atoms with Gasteiger partial charge < -0.3 is 4.98 Å². The molecule has 96 valence electrons. The van der Waals surface area contributed by atoms with Gasteiger partial charge in [0.2, 0.25) is 0 Å². The van der Waals surface area contributed by atoms with Gasteiger partial charge in [0.1, 0.15) is 5.82 Å². The number of halogens is 1. The Morgan fingerprint density at radius 2 is 1.78 bits per heavy atom. The zero-order chi connectivity index (χ0) is 12.4. The van der Waals surface area contributed by atoms with E-state index in [2.05, 4.69) is 39.1 Å². The monoisotopic (exact) mass is 306 g/mol. The molecular weight excluding hydrogens is 288 g/mol. The second kappa shape index (κ2) is 5.43. The highest BCUT2D eigenvalue weighted by Crippen LogP contribution is 2.30.